The molecule has 1 amide bonds. The molecule has 4 aromatic rings. The summed E-state index contributed by atoms with van der Waals surface area (Å²) in [5, 5.41) is 11.3. The summed E-state index contributed by atoms with van der Waals surface area (Å²) in [6, 6.07) is 24.1. The van der Waals surface area contributed by atoms with E-state index in [2.05, 4.69) is 0 Å². The Hall–Kier alpha value is -3.57. The van der Waals surface area contributed by atoms with Crippen molar-refractivity contribution in [2.45, 2.75) is 6.42 Å². The third-order valence-corrected chi connectivity index (χ3v) is 5.48. The van der Waals surface area contributed by atoms with Gasteiger partial charge < -0.3 is 10.0 Å². The zero-order valence-corrected chi connectivity index (χ0v) is 16.8. The maximum atomic E-state index is 13.2. The van der Waals surface area contributed by atoms with E-state index < -0.39 is 0 Å². The summed E-state index contributed by atoms with van der Waals surface area (Å²) in [5.41, 5.74) is 3.24. The van der Waals surface area contributed by atoms with Gasteiger partial charge in [-0.1, -0.05) is 29.8 Å². The van der Waals surface area contributed by atoms with Crippen molar-refractivity contribution in [1.29, 1.82) is 0 Å². The van der Waals surface area contributed by atoms with Crippen LogP contribution in [0.3, 0.4) is 0 Å². The lowest BCUT2D eigenvalue weighted by molar-refractivity contribution is -0.117. The number of phenols is 1. The SMILES string of the molecule is O=C1CCN(c2ccc(O)cc2)c2cc(Cl)ccc2N1c1ccc2ccccc2n1. The highest BCUT2D eigenvalue weighted by atomic mass is 35.5. The third-order valence-electron chi connectivity index (χ3n) is 5.24. The number of hydrogen-bond donors (Lipinski definition) is 1. The molecule has 0 aliphatic carbocycles. The van der Waals surface area contributed by atoms with Gasteiger partial charge in [0.1, 0.15) is 11.6 Å². The molecule has 1 aliphatic rings. The average Bonchev–Trinajstić information content (AvgIpc) is 2.90. The van der Waals surface area contributed by atoms with E-state index in [4.69, 9.17) is 16.6 Å². The normalized spacial score (nSPS) is 14.0. The number of amides is 1. The predicted molar refractivity (Wildman–Crippen MR) is 120 cm³/mol. The van der Waals surface area contributed by atoms with Gasteiger partial charge in [0.05, 0.1) is 16.9 Å². The van der Waals surface area contributed by atoms with Crippen molar-refractivity contribution in [2.75, 3.05) is 16.3 Å². The van der Waals surface area contributed by atoms with E-state index in [0.29, 0.717) is 23.8 Å². The number of hydrogen-bond acceptors (Lipinski definition) is 4. The number of phenolic OH excluding ortho intramolecular Hbond substituents is 1. The summed E-state index contributed by atoms with van der Waals surface area (Å²) in [4.78, 5) is 21.7. The average molecular weight is 416 g/mol. The minimum absolute atomic E-state index is 0.0392. The van der Waals surface area contributed by atoms with Crippen molar-refractivity contribution in [2.24, 2.45) is 0 Å². The number of anilines is 4. The van der Waals surface area contributed by atoms with Crippen LogP contribution >= 0.6 is 11.6 Å². The number of carbonyl (C=O) groups excluding carboxylic acids is 1. The van der Waals surface area contributed by atoms with Crippen LogP contribution in [-0.4, -0.2) is 22.5 Å². The van der Waals surface area contributed by atoms with Gasteiger partial charge in [0.15, 0.2) is 0 Å². The Balaban J connectivity index is 1.68. The molecule has 1 N–H and O–H groups in total. The van der Waals surface area contributed by atoms with Crippen LogP contribution in [0.4, 0.5) is 22.9 Å². The molecule has 5 rings (SSSR count). The molecule has 0 atom stereocenters. The number of carbonyl (C=O) groups is 1. The van der Waals surface area contributed by atoms with E-state index >= 15 is 0 Å². The van der Waals surface area contributed by atoms with E-state index in [1.165, 1.54) is 0 Å². The standard InChI is InChI=1S/C24H18ClN3O2/c25-17-6-11-21-22(15-17)27(18-7-9-19(29)10-8-18)14-13-24(30)28(21)23-12-5-16-3-1-2-4-20(16)26-23/h1-12,15,29H,13-14H2. The van der Waals surface area contributed by atoms with Crippen molar-refractivity contribution in [3.63, 3.8) is 0 Å². The quantitative estimate of drug-likeness (QED) is 0.449. The summed E-state index contributed by atoms with van der Waals surface area (Å²) in [6.07, 6.45) is 0.307. The van der Waals surface area contributed by atoms with Crippen LogP contribution in [0.2, 0.25) is 5.02 Å². The molecule has 30 heavy (non-hydrogen) atoms. The molecule has 1 aromatic heterocycles. The molecular weight excluding hydrogens is 398 g/mol. The summed E-state index contributed by atoms with van der Waals surface area (Å²) in [7, 11) is 0. The number of nitrogens with zero attached hydrogens (tertiary/aromatic N) is 3. The van der Waals surface area contributed by atoms with Crippen LogP contribution in [0.1, 0.15) is 6.42 Å². The van der Waals surface area contributed by atoms with E-state index in [-0.39, 0.29) is 11.7 Å². The van der Waals surface area contributed by atoms with Gasteiger partial charge in [-0.25, -0.2) is 4.98 Å². The van der Waals surface area contributed by atoms with Crippen LogP contribution in [-0.2, 0) is 4.79 Å². The fourth-order valence-corrected chi connectivity index (χ4v) is 3.97. The first-order valence-electron chi connectivity index (χ1n) is 9.65. The van der Waals surface area contributed by atoms with Gasteiger partial charge in [-0.15, -0.1) is 0 Å². The van der Waals surface area contributed by atoms with Crippen molar-refractivity contribution in [1.82, 2.24) is 4.98 Å². The third kappa shape index (κ3) is 3.23. The summed E-state index contributed by atoms with van der Waals surface area (Å²) >= 11 is 6.33. The monoisotopic (exact) mass is 415 g/mol. The predicted octanol–water partition coefficient (Wildman–Crippen LogP) is 5.80. The lowest BCUT2D eigenvalue weighted by Gasteiger charge is -2.27. The van der Waals surface area contributed by atoms with Gasteiger partial charge in [-0.05, 0) is 60.7 Å². The number of benzene rings is 3. The number of aromatic hydroxyl groups is 1. The molecule has 3 aromatic carbocycles. The van der Waals surface area contributed by atoms with Gasteiger partial charge in [0.2, 0.25) is 5.91 Å². The van der Waals surface area contributed by atoms with Crippen molar-refractivity contribution in [3.8, 4) is 5.75 Å². The van der Waals surface area contributed by atoms with Crippen LogP contribution in [0, 0.1) is 0 Å². The summed E-state index contributed by atoms with van der Waals surface area (Å²) in [5.74, 6) is 0.732. The summed E-state index contributed by atoms with van der Waals surface area (Å²) in [6.45, 7) is 0.487. The molecule has 0 fully saturated rings. The molecule has 0 unspecified atom stereocenters. The number of para-hydroxylation sites is 1. The lowest BCUT2D eigenvalue weighted by Crippen LogP contribution is -2.26. The Kier molecular flexibility index (Phi) is 4.52. The highest BCUT2D eigenvalue weighted by Gasteiger charge is 2.29. The second kappa shape index (κ2) is 7.35. The fourth-order valence-electron chi connectivity index (χ4n) is 3.81. The molecule has 0 radical (unpaired) electrons. The topological polar surface area (TPSA) is 56.7 Å². The first kappa shape index (κ1) is 18.5. The Morgan fingerprint density at radius 3 is 2.53 bits per heavy atom. The minimum atomic E-state index is -0.0392. The van der Waals surface area contributed by atoms with Crippen molar-refractivity contribution in [3.05, 3.63) is 83.9 Å². The molecule has 0 bridgehead atoms. The van der Waals surface area contributed by atoms with Crippen LogP contribution in [0.5, 0.6) is 5.75 Å². The Morgan fingerprint density at radius 2 is 1.70 bits per heavy atom. The Bertz CT molecular complexity index is 1260. The second-order valence-electron chi connectivity index (χ2n) is 7.14. The second-order valence-corrected chi connectivity index (χ2v) is 7.58. The van der Waals surface area contributed by atoms with Gasteiger partial charge >= 0.3 is 0 Å². The lowest BCUT2D eigenvalue weighted by atomic mass is 10.2. The van der Waals surface area contributed by atoms with Gasteiger partial charge in [0, 0.05) is 29.1 Å². The number of pyridine rings is 1. The number of halogens is 1. The van der Waals surface area contributed by atoms with E-state index in [1.807, 2.05) is 65.6 Å². The fraction of sp³-hybridized carbons (Fsp3) is 0.0833. The van der Waals surface area contributed by atoms with E-state index in [9.17, 15) is 9.90 Å². The zero-order chi connectivity index (χ0) is 20.7. The highest BCUT2D eigenvalue weighted by Crippen LogP contribution is 2.42. The minimum Gasteiger partial charge on any atom is -0.508 e. The molecule has 0 saturated carbocycles. The van der Waals surface area contributed by atoms with Gasteiger partial charge in [-0.3, -0.25) is 9.69 Å². The molecule has 1 aliphatic heterocycles. The van der Waals surface area contributed by atoms with Crippen molar-refractivity contribution >= 4 is 51.3 Å². The molecule has 5 nitrogen and oxygen atoms in total. The van der Waals surface area contributed by atoms with Gasteiger partial charge in [0.25, 0.3) is 0 Å². The molecule has 0 saturated heterocycles. The number of rotatable bonds is 2. The van der Waals surface area contributed by atoms with Crippen molar-refractivity contribution < 1.29 is 9.90 Å². The highest BCUT2D eigenvalue weighted by molar-refractivity contribution is 6.31. The zero-order valence-electron chi connectivity index (χ0n) is 16.0. The van der Waals surface area contributed by atoms with E-state index in [1.54, 1.807) is 23.1 Å². The molecule has 148 valence electrons. The number of aromatic nitrogens is 1. The van der Waals surface area contributed by atoms with E-state index in [0.717, 1.165) is 28.0 Å². The smallest absolute Gasteiger partial charge is 0.234 e. The molecule has 0 spiro atoms. The number of fused-ring (bicyclic) bond motifs is 2. The Morgan fingerprint density at radius 1 is 0.900 bits per heavy atom. The largest absolute Gasteiger partial charge is 0.508 e. The maximum Gasteiger partial charge on any atom is 0.234 e. The molecular formula is C24H18ClN3O2. The summed E-state index contributed by atoms with van der Waals surface area (Å²) < 4.78 is 0. The van der Waals surface area contributed by atoms with Crippen LogP contribution < -0.4 is 9.80 Å². The van der Waals surface area contributed by atoms with Crippen LogP contribution in [0.15, 0.2) is 78.9 Å². The Labute approximate surface area is 178 Å². The molecule has 6 heteroatoms. The first-order chi connectivity index (χ1) is 14.6. The van der Waals surface area contributed by atoms with Crippen LogP contribution in [0.25, 0.3) is 10.9 Å². The van der Waals surface area contributed by atoms with Gasteiger partial charge in [-0.2, -0.15) is 0 Å². The molecule has 2 heterocycles. The maximum absolute atomic E-state index is 13.2. The first-order valence-corrected chi connectivity index (χ1v) is 10.0.